The van der Waals surface area contributed by atoms with Gasteiger partial charge in [-0.2, -0.15) is 0 Å². The summed E-state index contributed by atoms with van der Waals surface area (Å²) in [6.07, 6.45) is 2.13. The lowest BCUT2D eigenvalue weighted by atomic mass is 10.2. The topological polar surface area (TPSA) is 42.1 Å². The molecule has 66 valence electrons. The molecule has 1 aliphatic heterocycles. The van der Waals surface area contributed by atoms with Crippen LogP contribution in [0.3, 0.4) is 0 Å². The van der Waals surface area contributed by atoms with Crippen LogP contribution in [0.15, 0.2) is 0 Å². The summed E-state index contributed by atoms with van der Waals surface area (Å²) in [5.41, 5.74) is 6.84. The minimum atomic E-state index is 0.720. The largest absolute Gasteiger partial charge is 0.375 e. The first-order valence-electron chi connectivity index (χ1n) is 3.99. The van der Waals surface area contributed by atoms with Gasteiger partial charge in [-0.3, -0.25) is 4.67 Å². The van der Waals surface area contributed by atoms with Gasteiger partial charge in [-0.05, 0) is 6.42 Å². The first kappa shape index (κ1) is 8.42. The number of nitrogens with zero attached hydrogens (tertiary/aromatic N) is 2. The van der Waals surface area contributed by atoms with Crippen LogP contribution in [0.5, 0.6) is 0 Å². The van der Waals surface area contributed by atoms with Crippen LogP contribution in [0.1, 0.15) is 10.6 Å². The molecule has 0 radical (unpaired) electrons. The highest BCUT2D eigenvalue weighted by Crippen LogP contribution is 2.24. The van der Waals surface area contributed by atoms with E-state index in [4.69, 9.17) is 5.73 Å². The smallest absolute Gasteiger partial charge is 0.180 e. The molecule has 5 heteroatoms. The molecule has 0 aromatic carbocycles. The van der Waals surface area contributed by atoms with E-state index >= 15 is 0 Å². The normalized spacial score (nSPS) is 18.8. The summed E-state index contributed by atoms with van der Waals surface area (Å²) in [5.74, 6) is 0. The van der Waals surface area contributed by atoms with E-state index in [1.165, 1.54) is 10.6 Å². The van der Waals surface area contributed by atoms with E-state index in [0.29, 0.717) is 0 Å². The van der Waals surface area contributed by atoms with Crippen molar-refractivity contribution in [2.45, 2.75) is 12.8 Å². The zero-order valence-corrected chi connectivity index (χ0v) is 8.76. The molecule has 12 heavy (non-hydrogen) atoms. The molecule has 0 aliphatic carbocycles. The molecule has 2 rings (SSSR count). The first-order valence-corrected chi connectivity index (χ1v) is 5.32. The molecule has 0 amide bonds. The lowest BCUT2D eigenvalue weighted by Crippen LogP contribution is -2.14. The van der Waals surface area contributed by atoms with Gasteiger partial charge in [0.15, 0.2) is 5.13 Å². The minimum Gasteiger partial charge on any atom is -0.375 e. The van der Waals surface area contributed by atoms with Crippen molar-refractivity contribution in [2.24, 2.45) is 0 Å². The van der Waals surface area contributed by atoms with E-state index in [1.54, 1.807) is 11.3 Å². The second kappa shape index (κ2) is 3.29. The van der Waals surface area contributed by atoms with Gasteiger partial charge in [-0.1, -0.05) is 9.39 Å². The van der Waals surface area contributed by atoms with E-state index in [0.717, 1.165) is 31.1 Å². The summed E-state index contributed by atoms with van der Waals surface area (Å²) in [6, 6.07) is 0. The Bertz CT molecular complexity index is 261. The Morgan fingerprint density at radius 3 is 3.00 bits per heavy atom. The lowest BCUT2D eigenvalue weighted by Gasteiger charge is -2.10. The fourth-order valence-corrected chi connectivity index (χ4v) is 2.53. The van der Waals surface area contributed by atoms with Crippen LogP contribution in [0.25, 0.3) is 0 Å². The third-order valence-corrected chi connectivity index (χ3v) is 3.56. The maximum atomic E-state index is 5.63. The van der Waals surface area contributed by atoms with Gasteiger partial charge >= 0.3 is 0 Å². The quantitative estimate of drug-likeness (QED) is 0.634. The second-order valence-corrected chi connectivity index (χ2v) is 4.80. The van der Waals surface area contributed by atoms with Crippen LogP contribution in [0, 0.1) is 0 Å². The number of nitrogen functional groups attached to an aromatic ring is 1. The summed E-state index contributed by atoms with van der Waals surface area (Å²) in [7, 11) is 2.74. The number of thiazole rings is 1. The third-order valence-electron chi connectivity index (χ3n) is 2.06. The maximum Gasteiger partial charge on any atom is 0.180 e. The Balaban J connectivity index is 2.24. The van der Waals surface area contributed by atoms with Gasteiger partial charge in [0.25, 0.3) is 0 Å². The zero-order valence-electron chi connectivity index (χ0n) is 6.79. The van der Waals surface area contributed by atoms with Crippen molar-refractivity contribution in [3.63, 3.8) is 0 Å². The molecule has 1 unspecified atom stereocenters. The van der Waals surface area contributed by atoms with Gasteiger partial charge in [0, 0.05) is 24.4 Å². The summed E-state index contributed by atoms with van der Waals surface area (Å²) in [6.45, 7) is 2.17. The van der Waals surface area contributed by atoms with Crippen molar-refractivity contribution >= 4 is 25.9 Å². The molecule has 0 fully saturated rings. The number of fused-ring (bicyclic) bond motifs is 1. The van der Waals surface area contributed by atoms with Crippen molar-refractivity contribution in [3.8, 4) is 0 Å². The van der Waals surface area contributed by atoms with Crippen molar-refractivity contribution in [2.75, 3.05) is 18.8 Å². The Morgan fingerprint density at radius 2 is 2.17 bits per heavy atom. The van der Waals surface area contributed by atoms with E-state index in [9.17, 15) is 0 Å². The van der Waals surface area contributed by atoms with Crippen LogP contribution in [-0.4, -0.2) is 22.7 Å². The second-order valence-electron chi connectivity index (χ2n) is 2.96. The maximum absolute atomic E-state index is 5.63. The highest BCUT2D eigenvalue weighted by atomic mass is 32.1. The van der Waals surface area contributed by atoms with Crippen LogP contribution < -0.4 is 5.73 Å². The fourth-order valence-electron chi connectivity index (χ4n) is 1.40. The molecule has 1 aromatic heterocycles. The lowest BCUT2D eigenvalue weighted by molar-refractivity contribution is 0.492. The SMILES string of the molecule is Nc1nc2c(s1)CCN(P)CC2. The zero-order chi connectivity index (χ0) is 8.55. The summed E-state index contributed by atoms with van der Waals surface area (Å²) in [4.78, 5) is 5.68. The molecule has 1 atom stereocenters. The monoisotopic (exact) mass is 201 g/mol. The number of nitrogens with two attached hydrogens (primary N) is 1. The fraction of sp³-hybridized carbons (Fsp3) is 0.571. The molecule has 1 aliphatic rings. The predicted octanol–water partition coefficient (Wildman–Crippen LogP) is 0.916. The number of hydrogen-bond donors (Lipinski definition) is 1. The summed E-state index contributed by atoms with van der Waals surface area (Å²) in [5, 5.41) is 0.720. The molecule has 3 nitrogen and oxygen atoms in total. The van der Waals surface area contributed by atoms with Gasteiger partial charge in [0.1, 0.15) is 0 Å². The molecule has 1 aromatic rings. The van der Waals surface area contributed by atoms with Gasteiger partial charge in [-0.15, -0.1) is 11.3 Å². The van der Waals surface area contributed by atoms with Crippen LogP contribution in [0.4, 0.5) is 5.13 Å². The molecule has 0 saturated carbocycles. The summed E-state index contributed by atoms with van der Waals surface area (Å²) >= 11 is 1.64. The number of aromatic nitrogens is 1. The Kier molecular flexibility index (Phi) is 2.31. The highest BCUT2D eigenvalue weighted by molar-refractivity contribution is 7.15. The van der Waals surface area contributed by atoms with Crippen molar-refractivity contribution < 1.29 is 0 Å². The van der Waals surface area contributed by atoms with Gasteiger partial charge < -0.3 is 5.73 Å². The average Bonchev–Trinajstić information content (AvgIpc) is 2.31. The summed E-state index contributed by atoms with van der Waals surface area (Å²) < 4.78 is 2.25. The first-order chi connectivity index (χ1) is 5.75. The van der Waals surface area contributed by atoms with Crippen LogP contribution in [0.2, 0.25) is 0 Å². The van der Waals surface area contributed by atoms with Crippen LogP contribution >= 0.6 is 20.7 Å². The molecular weight excluding hydrogens is 189 g/mol. The van der Waals surface area contributed by atoms with E-state index < -0.39 is 0 Å². The van der Waals surface area contributed by atoms with Gasteiger partial charge in [0.2, 0.25) is 0 Å². The van der Waals surface area contributed by atoms with Gasteiger partial charge in [0.05, 0.1) is 5.69 Å². The molecule has 2 N–H and O–H groups in total. The minimum absolute atomic E-state index is 0.720. The Labute approximate surface area is 78.2 Å². The molecule has 2 heterocycles. The number of anilines is 1. The van der Waals surface area contributed by atoms with E-state index in [2.05, 4.69) is 19.0 Å². The Morgan fingerprint density at radius 1 is 1.42 bits per heavy atom. The van der Waals surface area contributed by atoms with Gasteiger partial charge in [-0.25, -0.2) is 4.98 Å². The van der Waals surface area contributed by atoms with Crippen molar-refractivity contribution in [1.82, 2.24) is 9.65 Å². The van der Waals surface area contributed by atoms with Crippen LogP contribution in [-0.2, 0) is 12.8 Å². The third kappa shape index (κ3) is 1.60. The van der Waals surface area contributed by atoms with Crippen molar-refractivity contribution in [3.05, 3.63) is 10.6 Å². The standard InChI is InChI=1S/C7H12N3PS/c8-7-9-5-1-3-10(11)4-2-6(5)12-7/h1-4,11H2,(H2,8,9). The van der Waals surface area contributed by atoms with E-state index in [1.807, 2.05) is 0 Å². The van der Waals surface area contributed by atoms with E-state index in [-0.39, 0.29) is 0 Å². The predicted molar refractivity (Wildman–Crippen MR) is 55.2 cm³/mol. The molecule has 0 spiro atoms. The van der Waals surface area contributed by atoms with Crippen molar-refractivity contribution in [1.29, 1.82) is 0 Å². The average molecular weight is 201 g/mol. The molecule has 0 bridgehead atoms. The highest BCUT2D eigenvalue weighted by Gasteiger charge is 2.14. The Hall–Kier alpha value is -0.180. The molecular formula is C7H12N3PS. The number of hydrogen-bond acceptors (Lipinski definition) is 4. The molecule has 0 saturated heterocycles. The number of rotatable bonds is 0.